The summed E-state index contributed by atoms with van der Waals surface area (Å²) in [4.78, 5) is 2.41. The number of ether oxygens (including phenoxy) is 1. The molecule has 1 aliphatic heterocycles. The zero-order valence-corrected chi connectivity index (χ0v) is 9.85. The highest BCUT2D eigenvalue weighted by molar-refractivity contribution is 4.78. The summed E-state index contributed by atoms with van der Waals surface area (Å²) in [7, 11) is 0. The molecule has 0 aromatic heterocycles. The largest absolute Gasteiger partial charge is 0.392 e. The molecule has 1 fully saturated rings. The van der Waals surface area contributed by atoms with Gasteiger partial charge in [-0.25, -0.2) is 0 Å². The van der Waals surface area contributed by atoms with Crippen LogP contribution in [0.25, 0.3) is 0 Å². The van der Waals surface area contributed by atoms with Crippen LogP contribution in [-0.4, -0.2) is 54.5 Å². The Morgan fingerprint density at radius 1 is 1.60 bits per heavy atom. The smallest absolute Gasteiger partial charge is 0.0674 e. The van der Waals surface area contributed by atoms with Crippen molar-refractivity contribution >= 4 is 0 Å². The second-order valence-electron chi connectivity index (χ2n) is 4.38. The molecule has 0 aliphatic carbocycles. The first kappa shape index (κ1) is 12.9. The second-order valence-corrected chi connectivity index (χ2v) is 4.38. The Morgan fingerprint density at radius 2 is 2.33 bits per heavy atom. The normalized spacial score (nSPS) is 30.4. The minimum atomic E-state index is -0.361. The van der Waals surface area contributed by atoms with E-state index in [9.17, 15) is 5.11 Å². The van der Waals surface area contributed by atoms with Gasteiger partial charge in [0.2, 0.25) is 0 Å². The third-order valence-electron chi connectivity index (χ3n) is 3.07. The molecule has 3 N–H and O–H groups in total. The molecule has 1 heterocycles. The fraction of sp³-hybridized carbons (Fsp3) is 1.00. The Morgan fingerprint density at radius 3 is 2.93 bits per heavy atom. The van der Waals surface area contributed by atoms with Crippen molar-refractivity contribution in [2.24, 2.45) is 5.73 Å². The SMILES string of the molecule is CCC1COC(C)CN1CCC(O)CN. The molecule has 0 aromatic rings. The number of morpholine rings is 1. The summed E-state index contributed by atoms with van der Waals surface area (Å²) >= 11 is 0. The average molecular weight is 216 g/mol. The maximum Gasteiger partial charge on any atom is 0.0674 e. The van der Waals surface area contributed by atoms with Gasteiger partial charge < -0.3 is 15.6 Å². The van der Waals surface area contributed by atoms with Gasteiger partial charge in [-0.05, 0) is 19.8 Å². The molecule has 0 amide bonds. The van der Waals surface area contributed by atoms with Gasteiger partial charge >= 0.3 is 0 Å². The van der Waals surface area contributed by atoms with E-state index in [2.05, 4.69) is 18.7 Å². The molecule has 0 radical (unpaired) electrons. The third kappa shape index (κ3) is 4.07. The molecule has 1 saturated heterocycles. The van der Waals surface area contributed by atoms with Crippen LogP contribution in [0.4, 0.5) is 0 Å². The van der Waals surface area contributed by atoms with Gasteiger partial charge in [0.05, 0.1) is 18.8 Å². The first-order valence-electron chi connectivity index (χ1n) is 5.91. The van der Waals surface area contributed by atoms with Gasteiger partial charge in [0.25, 0.3) is 0 Å². The first-order valence-corrected chi connectivity index (χ1v) is 5.91. The molecule has 4 nitrogen and oxygen atoms in total. The topological polar surface area (TPSA) is 58.7 Å². The van der Waals surface area contributed by atoms with E-state index < -0.39 is 0 Å². The van der Waals surface area contributed by atoms with Gasteiger partial charge in [0.1, 0.15) is 0 Å². The highest BCUT2D eigenvalue weighted by atomic mass is 16.5. The molecule has 4 heteroatoms. The van der Waals surface area contributed by atoms with Crippen LogP contribution in [0, 0.1) is 0 Å². The van der Waals surface area contributed by atoms with Crippen LogP contribution in [0.5, 0.6) is 0 Å². The van der Waals surface area contributed by atoms with Crippen LogP contribution < -0.4 is 5.73 Å². The summed E-state index contributed by atoms with van der Waals surface area (Å²) in [5.74, 6) is 0. The summed E-state index contributed by atoms with van der Waals surface area (Å²) in [6, 6.07) is 0.506. The number of aliphatic hydroxyl groups is 1. The molecule has 90 valence electrons. The number of hydrogen-bond donors (Lipinski definition) is 2. The lowest BCUT2D eigenvalue weighted by molar-refractivity contribution is -0.0588. The van der Waals surface area contributed by atoms with Crippen molar-refractivity contribution in [3.63, 3.8) is 0 Å². The van der Waals surface area contributed by atoms with Crippen LogP contribution >= 0.6 is 0 Å². The summed E-state index contributed by atoms with van der Waals surface area (Å²) in [5, 5.41) is 9.43. The van der Waals surface area contributed by atoms with Crippen LogP contribution in [0.1, 0.15) is 26.7 Å². The second kappa shape index (κ2) is 6.43. The minimum absolute atomic E-state index is 0.308. The number of aliphatic hydroxyl groups excluding tert-OH is 1. The van der Waals surface area contributed by atoms with Crippen LogP contribution in [-0.2, 0) is 4.74 Å². The summed E-state index contributed by atoms with van der Waals surface area (Å²) in [6.07, 6.45) is 1.81. The van der Waals surface area contributed by atoms with Crippen molar-refractivity contribution in [3.8, 4) is 0 Å². The van der Waals surface area contributed by atoms with E-state index >= 15 is 0 Å². The van der Waals surface area contributed by atoms with Gasteiger partial charge in [-0.1, -0.05) is 6.92 Å². The predicted molar refractivity (Wildman–Crippen MR) is 60.7 cm³/mol. The van der Waals surface area contributed by atoms with E-state index in [1.54, 1.807) is 0 Å². The van der Waals surface area contributed by atoms with Crippen molar-refractivity contribution in [1.29, 1.82) is 0 Å². The van der Waals surface area contributed by atoms with Crippen LogP contribution in [0.2, 0.25) is 0 Å². The number of rotatable bonds is 5. The Balaban J connectivity index is 2.34. The van der Waals surface area contributed by atoms with E-state index in [0.29, 0.717) is 18.7 Å². The number of nitrogens with two attached hydrogens (primary N) is 1. The quantitative estimate of drug-likeness (QED) is 0.689. The summed E-state index contributed by atoms with van der Waals surface area (Å²) in [5.41, 5.74) is 5.39. The molecule has 1 rings (SSSR count). The molecule has 15 heavy (non-hydrogen) atoms. The summed E-state index contributed by atoms with van der Waals surface area (Å²) < 4.78 is 5.62. The van der Waals surface area contributed by atoms with Gasteiger partial charge in [-0.15, -0.1) is 0 Å². The Labute approximate surface area is 92.4 Å². The third-order valence-corrected chi connectivity index (χ3v) is 3.07. The van der Waals surface area contributed by atoms with Gasteiger partial charge in [0, 0.05) is 25.7 Å². The molecule has 3 unspecified atom stereocenters. The minimum Gasteiger partial charge on any atom is -0.392 e. The Hall–Kier alpha value is -0.160. The fourth-order valence-electron chi connectivity index (χ4n) is 2.00. The lowest BCUT2D eigenvalue weighted by Crippen LogP contribution is -2.49. The van der Waals surface area contributed by atoms with Gasteiger partial charge in [0.15, 0.2) is 0 Å². The maximum atomic E-state index is 9.43. The van der Waals surface area contributed by atoms with Crippen LogP contribution in [0.3, 0.4) is 0 Å². The number of nitrogens with zero attached hydrogens (tertiary/aromatic N) is 1. The molecule has 3 atom stereocenters. The molecule has 0 spiro atoms. The van der Waals surface area contributed by atoms with Crippen molar-refractivity contribution < 1.29 is 9.84 Å². The molecule has 0 saturated carbocycles. The zero-order valence-electron chi connectivity index (χ0n) is 9.85. The number of hydrogen-bond acceptors (Lipinski definition) is 4. The van der Waals surface area contributed by atoms with Crippen molar-refractivity contribution in [3.05, 3.63) is 0 Å². The van der Waals surface area contributed by atoms with Crippen molar-refractivity contribution in [1.82, 2.24) is 4.90 Å². The zero-order chi connectivity index (χ0) is 11.3. The van der Waals surface area contributed by atoms with E-state index in [1.165, 1.54) is 0 Å². The van der Waals surface area contributed by atoms with E-state index in [0.717, 1.165) is 32.5 Å². The van der Waals surface area contributed by atoms with E-state index in [1.807, 2.05) is 0 Å². The standard InChI is InChI=1S/C11H24N2O2/c1-3-10-8-15-9(2)7-13(10)5-4-11(14)6-12/h9-11,14H,3-8,12H2,1-2H3. The lowest BCUT2D eigenvalue weighted by atomic mass is 10.1. The van der Waals surface area contributed by atoms with E-state index in [4.69, 9.17) is 10.5 Å². The monoisotopic (exact) mass is 216 g/mol. The molecule has 0 bridgehead atoms. The molecule has 0 aromatic carbocycles. The molecular weight excluding hydrogens is 192 g/mol. The predicted octanol–water partition coefficient (Wildman–Crippen LogP) is 0.195. The van der Waals surface area contributed by atoms with Crippen LogP contribution in [0.15, 0.2) is 0 Å². The highest BCUT2D eigenvalue weighted by Gasteiger charge is 2.25. The molecular formula is C11H24N2O2. The lowest BCUT2D eigenvalue weighted by Gasteiger charge is -2.38. The van der Waals surface area contributed by atoms with Gasteiger partial charge in [-0.2, -0.15) is 0 Å². The average Bonchev–Trinajstić information content (AvgIpc) is 2.26. The Bertz CT molecular complexity index is 178. The van der Waals surface area contributed by atoms with Gasteiger partial charge in [-0.3, -0.25) is 4.90 Å². The van der Waals surface area contributed by atoms with Crippen molar-refractivity contribution in [2.75, 3.05) is 26.2 Å². The highest BCUT2D eigenvalue weighted by Crippen LogP contribution is 2.14. The summed E-state index contributed by atoms with van der Waals surface area (Å²) in [6.45, 7) is 7.34. The van der Waals surface area contributed by atoms with E-state index in [-0.39, 0.29) is 6.10 Å². The maximum absolute atomic E-state index is 9.43. The van der Waals surface area contributed by atoms with Crippen molar-refractivity contribution in [2.45, 2.75) is 44.9 Å². The fourth-order valence-corrected chi connectivity index (χ4v) is 2.00. The Kier molecular flexibility index (Phi) is 5.53. The molecule has 1 aliphatic rings. The first-order chi connectivity index (χ1) is 7.17.